The summed E-state index contributed by atoms with van der Waals surface area (Å²) in [5.74, 6) is 3.92. The quantitative estimate of drug-likeness (QED) is 0.471. The van der Waals surface area contributed by atoms with Crippen LogP contribution >= 0.6 is 11.8 Å². The molecule has 1 aliphatic carbocycles. The molecule has 0 aromatic rings. The molecule has 1 fully saturated rings. The lowest BCUT2D eigenvalue weighted by Crippen LogP contribution is -2.40. The van der Waals surface area contributed by atoms with Gasteiger partial charge in [0.1, 0.15) is 5.41 Å². The molecular weight excluding hydrogens is 244 g/mol. The number of carbonyl (C=O) groups is 1. The van der Waals surface area contributed by atoms with Gasteiger partial charge in [0.05, 0.1) is 11.8 Å². The van der Waals surface area contributed by atoms with Crippen LogP contribution in [0.25, 0.3) is 0 Å². The van der Waals surface area contributed by atoms with Crippen LogP contribution in [0.4, 0.5) is 0 Å². The molecule has 3 nitrogen and oxygen atoms in total. The molecule has 1 saturated carbocycles. The number of hydrogen-bond acceptors (Lipinski definition) is 3. The van der Waals surface area contributed by atoms with Crippen molar-refractivity contribution in [2.45, 2.75) is 38.5 Å². The van der Waals surface area contributed by atoms with Gasteiger partial charge in [-0.25, -0.2) is 0 Å². The highest BCUT2D eigenvalue weighted by atomic mass is 32.2. The average Bonchev–Trinajstić information content (AvgIpc) is 2.64. The van der Waals surface area contributed by atoms with Gasteiger partial charge in [-0.05, 0) is 12.8 Å². The SMILES string of the molecule is C#CCSCCNC(=O)C1(C#N)CCCCCC1. The van der Waals surface area contributed by atoms with Gasteiger partial charge in [0, 0.05) is 12.3 Å². The maximum absolute atomic E-state index is 12.2. The first kappa shape index (κ1) is 14.9. The van der Waals surface area contributed by atoms with Crippen LogP contribution in [0.2, 0.25) is 0 Å². The van der Waals surface area contributed by atoms with Crippen molar-refractivity contribution in [3.63, 3.8) is 0 Å². The number of carbonyl (C=O) groups excluding carboxylic acids is 1. The first-order valence-corrected chi connectivity index (χ1v) is 7.61. The van der Waals surface area contributed by atoms with Crippen molar-refractivity contribution in [2.24, 2.45) is 5.41 Å². The summed E-state index contributed by atoms with van der Waals surface area (Å²) in [7, 11) is 0. The van der Waals surface area contributed by atoms with Crippen molar-refractivity contribution < 1.29 is 4.79 Å². The Bertz CT molecular complexity index is 346. The summed E-state index contributed by atoms with van der Waals surface area (Å²) < 4.78 is 0. The third kappa shape index (κ3) is 4.27. The molecule has 0 bridgehead atoms. The number of thioether (sulfide) groups is 1. The van der Waals surface area contributed by atoms with Gasteiger partial charge in [0.2, 0.25) is 5.91 Å². The topological polar surface area (TPSA) is 52.9 Å². The van der Waals surface area contributed by atoms with Crippen molar-refractivity contribution in [2.75, 3.05) is 18.1 Å². The Balaban J connectivity index is 2.42. The second-order valence-corrected chi connectivity index (χ2v) is 5.73. The van der Waals surface area contributed by atoms with E-state index in [0.717, 1.165) is 31.4 Å². The van der Waals surface area contributed by atoms with Gasteiger partial charge in [-0.15, -0.1) is 18.2 Å². The molecular formula is C14H20N2OS. The molecule has 1 amide bonds. The minimum atomic E-state index is -0.784. The summed E-state index contributed by atoms with van der Waals surface area (Å²) in [5.41, 5.74) is -0.784. The molecule has 0 radical (unpaired) electrons. The van der Waals surface area contributed by atoms with Gasteiger partial charge in [-0.3, -0.25) is 4.79 Å². The van der Waals surface area contributed by atoms with E-state index in [1.165, 1.54) is 0 Å². The summed E-state index contributed by atoms with van der Waals surface area (Å²) in [4.78, 5) is 12.2. The van der Waals surface area contributed by atoms with Crippen LogP contribution in [-0.2, 0) is 4.79 Å². The van der Waals surface area contributed by atoms with Crippen LogP contribution < -0.4 is 5.32 Å². The average molecular weight is 264 g/mol. The second kappa shape index (κ2) is 8.06. The van der Waals surface area contributed by atoms with E-state index in [2.05, 4.69) is 17.3 Å². The van der Waals surface area contributed by atoms with Crippen molar-refractivity contribution >= 4 is 17.7 Å². The van der Waals surface area contributed by atoms with Gasteiger partial charge >= 0.3 is 0 Å². The fourth-order valence-electron chi connectivity index (χ4n) is 2.26. The van der Waals surface area contributed by atoms with E-state index in [1.807, 2.05) is 0 Å². The zero-order chi connectivity index (χ0) is 13.3. The monoisotopic (exact) mass is 264 g/mol. The van der Waals surface area contributed by atoms with Crippen molar-refractivity contribution in [1.82, 2.24) is 5.32 Å². The summed E-state index contributed by atoms with van der Waals surface area (Å²) >= 11 is 1.62. The van der Waals surface area contributed by atoms with E-state index >= 15 is 0 Å². The summed E-state index contributed by atoms with van der Waals surface area (Å²) in [6, 6.07) is 2.26. The number of nitrogens with zero attached hydrogens (tertiary/aromatic N) is 1. The molecule has 0 aromatic carbocycles. The third-order valence-electron chi connectivity index (χ3n) is 3.32. The Hall–Kier alpha value is -1.13. The van der Waals surface area contributed by atoms with Crippen LogP contribution in [0.5, 0.6) is 0 Å². The van der Waals surface area contributed by atoms with Gasteiger partial charge in [-0.1, -0.05) is 31.6 Å². The summed E-state index contributed by atoms with van der Waals surface area (Å²) in [5, 5.41) is 12.2. The fraction of sp³-hybridized carbons (Fsp3) is 0.714. The third-order valence-corrected chi connectivity index (χ3v) is 4.19. The molecule has 98 valence electrons. The fourth-order valence-corrected chi connectivity index (χ4v) is 2.77. The highest BCUT2D eigenvalue weighted by molar-refractivity contribution is 7.99. The number of terminal acetylenes is 1. The zero-order valence-electron chi connectivity index (χ0n) is 10.7. The lowest BCUT2D eigenvalue weighted by Gasteiger charge is -2.23. The van der Waals surface area contributed by atoms with Crippen LogP contribution in [-0.4, -0.2) is 24.0 Å². The Morgan fingerprint density at radius 3 is 2.56 bits per heavy atom. The predicted octanol–water partition coefficient (Wildman–Crippen LogP) is 2.33. The lowest BCUT2D eigenvalue weighted by atomic mass is 9.81. The second-order valence-electron chi connectivity index (χ2n) is 4.62. The molecule has 0 spiro atoms. The Labute approximate surface area is 114 Å². The smallest absolute Gasteiger partial charge is 0.240 e. The van der Waals surface area contributed by atoms with Gasteiger partial charge < -0.3 is 5.32 Å². The molecule has 0 unspecified atom stereocenters. The van der Waals surface area contributed by atoms with Crippen LogP contribution in [0, 0.1) is 29.1 Å². The lowest BCUT2D eigenvalue weighted by molar-refractivity contribution is -0.128. The van der Waals surface area contributed by atoms with Crippen molar-refractivity contribution in [3.05, 3.63) is 0 Å². The van der Waals surface area contributed by atoms with E-state index < -0.39 is 5.41 Å². The maximum Gasteiger partial charge on any atom is 0.240 e. The minimum absolute atomic E-state index is 0.0896. The summed E-state index contributed by atoms with van der Waals surface area (Å²) in [6.45, 7) is 0.592. The van der Waals surface area contributed by atoms with Crippen LogP contribution in [0.15, 0.2) is 0 Å². The molecule has 1 N–H and O–H groups in total. The number of hydrogen-bond donors (Lipinski definition) is 1. The Kier molecular flexibility index (Phi) is 6.68. The van der Waals surface area contributed by atoms with Gasteiger partial charge in [0.15, 0.2) is 0 Å². The molecule has 1 rings (SSSR count). The molecule has 1 aliphatic rings. The molecule has 0 heterocycles. The Morgan fingerprint density at radius 2 is 2.00 bits per heavy atom. The molecule has 18 heavy (non-hydrogen) atoms. The predicted molar refractivity (Wildman–Crippen MR) is 74.9 cm³/mol. The molecule has 0 aromatic heterocycles. The maximum atomic E-state index is 12.2. The van der Waals surface area contributed by atoms with Gasteiger partial charge in [-0.2, -0.15) is 5.26 Å². The van der Waals surface area contributed by atoms with Crippen molar-refractivity contribution in [3.8, 4) is 18.4 Å². The molecule has 0 saturated heterocycles. The molecule has 0 aliphatic heterocycles. The highest BCUT2D eigenvalue weighted by Gasteiger charge is 2.38. The Morgan fingerprint density at radius 1 is 1.33 bits per heavy atom. The van der Waals surface area contributed by atoms with Crippen molar-refractivity contribution in [1.29, 1.82) is 5.26 Å². The first-order valence-electron chi connectivity index (χ1n) is 6.46. The number of rotatable bonds is 5. The molecule has 0 atom stereocenters. The van der Waals surface area contributed by atoms with E-state index in [0.29, 0.717) is 25.1 Å². The molecule has 4 heteroatoms. The first-order chi connectivity index (χ1) is 8.75. The van der Waals surface area contributed by atoms with E-state index in [-0.39, 0.29) is 5.91 Å². The number of nitriles is 1. The number of nitrogens with one attached hydrogen (secondary N) is 1. The van der Waals surface area contributed by atoms with E-state index in [9.17, 15) is 10.1 Å². The summed E-state index contributed by atoms with van der Waals surface area (Å²) in [6.07, 6.45) is 10.8. The zero-order valence-corrected chi connectivity index (χ0v) is 11.5. The van der Waals surface area contributed by atoms with E-state index in [1.54, 1.807) is 11.8 Å². The largest absolute Gasteiger partial charge is 0.354 e. The minimum Gasteiger partial charge on any atom is -0.354 e. The van der Waals surface area contributed by atoms with Gasteiger partial charge in [0.25, 0.3) is 0 Å². The standard InChI is InChI=1S/C14H20N2OS/c1-2-10-18-11-9-16-13(17)14(12-15)7-5-3-4-6-8-14/h1H,3-11H2,(H,16,17). The normalized spacial score (nSPS) is 18.1. The van der Waals surface area contributed by atoms with Crippen LogP contribution in [0.3, 0.4) is 0 Å². The number of amides is 1. The van der Waals surface area contributed by atoms with Crippen LogP contribution in [0.1, 0.15) is 38.5 Å². The highest BCUT2D eigenvalue weighted by Crippen LogP contribution is 2.34. The van der Waals surface area contributed by atoms with E-state index in [4.69, 9.17) is 6.42 Å².